The van der Waals surface area contributed by atoms with E-state index in [0.717, 1.165) is 38.5 Å². The Hall–Kier alpha value is -1.28. The molecule has 1 spiro atoms. The largest absolute Gasteiger partial charge is 0.419 e. The second kappa shape index (κ2) is 6.71. The van der Waals surface area contributed by atoms with Crippen molar-refractivity contribution in [2.45, 2.75) is 24.7 Å². The Labute approximate surface area is 159 Å². The molecule has 140 valence electrons. The van der Waals surface area contributed by atoms with Crippen molar-refractivity contribution in [3.8, 4) is 0 Å². The van der Waals surface area contributed by atoms with Crippen molar-refractivity contribution < 1.29 is 13.2 Å². The van der Waals surface area contributed by atoms with Gasteiger partial charge in [0.2, 0.25) is 5.89 Å². The van der Waals surface area contributed by atoms with Crippen LogP contribution in [-0.4, -0.2) is 36.4 Å². The first-order chi connectivity index (χ1) is 12.4. The second-order valence-electron chi connectivity index (χ2n) is 6.94. The minimum Gasteiger partial charge on any atom is -0.419 e. The summed E-state index contributed by atoms with van der Waals surface area (Å²) < 4.78 is 35.1. The highest BCUT2D eigenvalue weighted by Gasteiger charge is 2.48. The van der Waals surface area contributed by atoms with Crippen LogP contribution in [0.3, 0.4) is 0 Å². The van der Waals surface area contributed by atoms with Gasteiger partial charge >= 0.3 is 5.92 Å². The molecule has 1 unspecified atom stereocenters. The highest BCUT2D eigenvalue weighted by atomic mass is 35.5. The Kier molecular flexibility index (Phi) is 4.67. The summed E-state index contributed by atoms with van der Waals surface area (Å²) in [5.41, 5.74) is -0.350. The van der Waals surface area contributed by atoms with Gasteiger partial charge in [-0.1, -0.05) is 29.3 Å². The summed E-state index contributed by atoms with van der Waals surface area (Å²) >= 11 is 11.7. The third-order valence-electron chi connectivity index (χ3n) is 5.45. The van der Waals surface area contributed by atoms with Crippen LogP contribution in [0.25, 0.3) is 0 Å². The molecule has 0 aliphatic carbocycles. The van der Waals surface area contributed by atoms with E-state index in [9.17, 15) is 8.78 Å². The van der Waals surface area contributed by atoms with Gasteiger partial charge in [-0.2, -0.15) is 8.78 Å². The van der Waals surface area contributed by atoms with Crippen molar-refractivity contribution in [2.75, 3.05) is 26.2 Å². The van der Waals surface area contributed by atoms with E-state index in [-0.39, 0.29) is 32.8 Å². The maximum atomic E-state index is 14.8. The smallest absolute Gasteiger partial charge is 0.349 e. The van der Waals surface area contributed by atoms with Gasteiger partial charge in [0.1, 0.15) is 0 Å². The van der Waals surface area contributed by atoms with Crippen LogP contribution in [0, 0.1) is 5.41 Å². The zero-order chi connectivity index (χ0) is 18.4. The average Bonchev–Trinajstić information content (AvgIpc) is 3.25. The Morgan fingerprint density at radius 3 is 2.62 bits per heavy atom. The molecule has 2 aromatic rings. The Bertz CT molecular complexity index is 808. The molecule has 2 aliphatic rings. The molecule has 2 saturated heterocycles. The van der Waals surface area contributed by atoms with Gasteiger partial charge in [0, 0.05) is 18.7 Å². The van der Waals surface area contributed by atoms with Gasteiger partial charge < -0.3 is 15.1 Å². The van der Waals surface area contributed by atoms with Crippen LogP contribution < -0.4 is 10.6 Å². The van der Waals surface area contributed by atoms with Crippen molar-refractivity contribution in [2.24, 2.45) is 5.41 Å². The number of piperidine rings is 1. The Balaban J connectivity index is 1.63. The molecule has 1 aromatic heterocycles. The van der Waals surface area contributed by atoms with Crippen molar-refractivity contribution in [1.82, 2.24) is 20.8 Å². The first-order valence-electron chi connectivity index (χ1n) is 8.51. The molecule has 0 amide bonds. The number of hydrogen-bond donors (Lipinski definition) is 2. The number of aromatic nitrogens is 2. The van der Waals surface area contributed by atoms with Crippen molar-refractivity contribution in [3.05, 3.63) is 45.6 Å². The molecule has 2 N–H and O–H groups in total. The SMILES string of the molecule is FC(F)(c1ccc(Cl)c(Cl)c1)c1nnc(C2CNCC23CCNCC3)o1. The lowest BCUT2D eigenvalue weighted by Crippen LogP contribution is -2.41. The molecule has 26 heavy (non-hydrogen) atoms. The number of nitrogens with zero attached hydrogens (tertiary/aromatic N) is 2. The van der Waals surface area contributed by atoms with Crippen molar-refractivity contribution in [1.29, 1.82) is 0 Å². The minimum atomic E-state index is -3.44. The first kappa shape index (κ1) is 18.1. The van der Waals surface area contributed by atoms with E-state index >= 15 is 0 Å². The lowest BCUT2D eigenvalue weighted by atomic mass is 9.71. The van der Waals surface area contributed by atoms with E-state index in [1.165, 1.54) is 12.1 Å². The number of benzene rings is 1. The molecule has 9 heteroatoms. The quantitative estimate of drug-likeness (QED) is 0.821. The van der Waals surface area contributed by atoms with E-state index in [4.69, 9.17) is 27.6 Å². The van der Waals surface area contributed by atoms with E-state index in [1.54, 1.807) is 0 Å². The zero-order valence-corrected chi connectivity index (χ0v) is 15.4. The molecule has 4 rings (SSSR count). The predicted molar refractivity (Wildman–Crippen MR) is 93.9 cm³/mol. The fourth-order valence-electron chi connectivity index (χ4n) is 3.92. The average molecular weight is 403 g/mol. The zero-order valence-electron chi connectivity index (χ0n) is 13.9. The third kappa shape index (κ3) is 3.01. The molecule has 0 radical (unpaired) electrons. The van der Waals surface area contributed by atoms with Crippen LogP contribution in [0.2, 0.25) is 10.0 Å². The van der Waals surface area contributed by atoms with Crippen molar-refractivity contribution in [3.63, 3.8) is 0 Å². The number of halogens is 4. The summed E-state index contributed by atoms with van der Waals surface area (Å²) in [6.45, 7) is 3.29. The number of hydrogen-bond acceptors (Lipinski definition) is 5. The first-order valence-corrected chi connectivity index (χ1v) is 9.27. The van der Waals surface area contributed by atoms with E-state index in [0.29, 0.717) is 6.54 Å². The van der Waals surface area contributed by atoms with Gasteiger partial charge in [0.05, 0.1) is 16.0 Å². The maximum Gasteiger partial charge on any atom is 0.349 e. The lowest BCUT2D eigenvalue weighted by molar-refractivity contribution is 0.0108. The van der Waals surface area contributed by atoms with E-state index in [2.05, 4.69) is 20.8 Å². The molecule has 1 aromatic carbocycles. The molecule has 0 bridgehead atoms. The Morgan fingerprint density at radius 1 is 1.12 bits per heavy atom. The van der Waals surface area contributed by atoms with Crippen LogP contribution in [0.4, 0.5) is 8.78 Å². The van der Waals surface area contributed by atoms with Gasteiger partial charge in [0.25, 0.3) is 5.89 Å². The summed E-state index contributed by atoms with van der Waals surface area (Å²) in [6, 6.07) is 3.66. The maximum absolute atomic E-state index is 14.8. The van der Waals surface area contributed by atoms with Gasteiger partial charge in [-0.25, -0.2) is 0 Å². The summed E-state index contributed by atoms with van der Waals surface area (Å²) in [5, 5.41) is 14.6. The summed E-state index contributed by atoms with van der Waals surface area (Å²) in [7, 11) is 0. The molecule has 1 atom stereocenters. The normalized spacial score (nSPS) is 22.8. The third-order valence-corrected chi connectivity index (χ3v) is 6.19. The van der Waals surface area contributed by atoms with Crippen LogP contribution in [0.1, 0.15) is 36.1 Å². The monoisotopic (exact) mass is 402 g/mol. The lowest BCUT2D eigenvalue weighted by Gasteiger charge is -2.36. The molecular formula is C17H18Cl2F2N4O. The molecule has 5 nitrogen and oxygen atoms in total. The second-order valence-corrected chi connectivity index (χ2v) is 7.76. The Morgan fingerprint density at radius 2 is 1.88 bits per heavy atom. The van der Waals surface area contributed by atoms with Gasteiger partial charge in [-0.3, -0.25) is 0 Å². The van der Waals surface area contributed by atoms with Gasteiger partial charge in [-0.05, 0) is 43.5 Å². The number of rotatable bonds is 3. The molecular weight excluding hydrogens is 385 g/mol. The summed E-state index contributed by atoms with van der Waals surface area (Å²) in [4.78, 5) is 0. The molecule has 0 saturated carbocycles. The number of nitrogens with one attached hydrogen (secondary N) is 2. The minimum absolute atomic E-state index is 0.0199. The summed E-state index contributed by atoms with van der Waals surface area (Å²) in [6.07, 6.45) is 1.90. The van der Waals surface area contributed by atoms with Crippen LogP contribution >= 0.6 is 23.2 Å². The van der Waals surface area contributed by atoms with E-state index < -0.39 is 11.8 Å². The van der Waals surface area contributed by atoms with Gasteiger partial charge in [-0.15, -0.1) is 10.2 Å². The highest BCUT2D eigenvalue weighted by molar-refractivity contribution is 6.42. The summed E-state index contributed by atoms with van der Waals surface area (Å²) in [5.74, 6) is -3.95. The van der Waals surface area contributed by atoms with E-state index in [1.807, 2.05) is 0 Å². The fraction of sp³-hybridized carbons (Fsp3) is 0.529. The van der Waals surface area contributed by atoms with Crippen molar-refractivity contribution >= 4 is 23.2 Å². The van der Waals surface area contributed by atoms with Gasteiger partial charge in [0.15, 0.2) is 0 Å². The van der Waals surface area contributed by atoms with Crippen LogP contribution in [0.5, 0.6) is 0 Å². The topological polar surface area (TPSA) is 63.0 Å². The molecule has 2 fully saturated rings. The molecule has 2 aliphatic heterocycles. The van der Waals surface area contributed by atoms with Crippen LogP contribution in [-0.2, 0) is 5.92 Å². The fourth-order valence-corrected chi connectivity index (χ4v) is 4.22. The predicted octanol–water partition coefficient (Wildman–Crippen LogP) is 3.57. The highest BCUT2D eigenvalue weighted by Crippen LogP contribution is 2.46. The van der Waals surface area contributed by atoms with Crippen LogP contribution in [0.15, 0.2) is 22.6 Å². The number of alkyl halides is 2. The standard InChI is InChI=1S/C17H18Cl2F2N4O/c18-12-2-1-10(7-13(12)19)17(20,21)15-25-24-14(26-15)11-8-23-9-16(11)3-5-22-6-4-16/h1-2,7,11,22-23H,3-6,8-9H2. The molecule has 3 heterocycles.